The largest absolute Gasteiger partial charge is 0.323 e. The summed E-state index contributed by atoms with van der Waals surface area (Å²) in [4.78, 5) is 15.0. The lowest BCUT2D eigenvalue weighted by Gasteiger charge is -2.36. The van der Waals surface area contributed by atoms with E-state index < -0.39 is 0 Å². The van der Waals surface area contributed by atoms with Crippen LogP contribution in [0, 0.1) is 5.92 Å². The molecule has 2 atom stereocenters. The molecule has 1 aliphatic carbocycles. The number of nitrogens with one attached hydrogen (secondary N) is 1. The second kappa shape index (κ2) is 5.82. The van der Waals surface area contributed by atoms with E-state index in [-0.39, 0.29) is 11.7 Å². The average molecular weight is 266 g/mol. The number of carbonyl (C=O) groups is 1. The summed E-state index contributed by atoms with van der Waals surface area (Å²) in [6.07, 6.45) is 8.49. The summed E-state index contributed by atoms with van der Waals surface area (Å²) in [5.41, 5.74) is -0.336. The van der Waals surface area contributed by atoms with Crippen LogP contribution in [0.15, 0.2) is 0 Å². The van der Waals surface area contributed by atoms with E-state index in [4.69, 9.17) is 0 Å². The van der Waals surface area contributed by atoms with Crippen molar-refractivity contribution in [2.24, 2.45) is 5.92 Å². The van der Waals surface area contributed by atoms with Crippen molar-refractivity contribution in [3.05, 3.63) is 0 Å². The fourth-order valence-electron chi connectivity index (χ4n) is 3.58. The van der Waals surface area contributed by atoms with Crippen LogP contribution in [-0.2, 0) is 4.79 Å². The summed E-state index contributed by atoms with van der Waals surface area (Å²) in [7, 11) is 0. The third kappa shape index (κ3) is 2.96. The number of amides is 1. The summed E-state index contributed by atoms with van der Waals surface area (Å²) < 4.78 is 0. The Balaban J connectivity index is 2.17. The van der Waals surface area contributed by atoms with Gasteiger partial charge in [0.15, 0.2) is 0 Å². The van der Waals surface area contributed by atoms with Crippen molar-refractivity contribution in [1.29, 1.82) is 0 Å². The van der Waals surface area contributed by atoms with Crippen LogP contribution in [0.2, 0.25) is 0 Å². The van der Waals surface area contributed by atoms with Crippen LogP contribution in [0.5, 0.6) is 0 Å². The van der Waals surface area contributed by atoms with Crippen LogP contribution in [0.25, 0.3) is 0 Å². The minimum Gasteiger partial charge on any atom is -0.323 e. The number of nitrogens with zero attached hydrogens (tertiary/aromatic N) is 1. The van der Waals surface area contributed by atoms with Gasteiger partial charge in [-0.25, -0.2) is 0 Å². The first-order valence-corrected chi connectivity index (χ1v) is 8.08. The molecular formula is C16H30N2O. The molecule has 0 radical (unpaired) electrons. The van der Waals surface area contributed by atoms with E-state index in [0.29, 0.717) is 17.9 Å². The zero-order valence-corrected chi connectivity index (χ0v) is 13.0. The third-order valence-corrected chi connectivity index (χ3v) is 4.90. The Labute approximate surface area is 118 Å². The van der Waals surface area contributed by atoms with E-state index in [0.717, 1.165) is 12.8 Å². The van der Waals surface area contributed by atoms with Crippen molar-refractivity contribution in [2.45, 2.75) is 90.4 Å². The Bertz CT molecular complexity index is 323. The molecule has 1 saturated heterocycles. The van der Waals surface area contributed by atoms with Gasteiger partial charge in [0.25, 0.3) is 0 Å². The molecule has 2 fully saturated rings. The van der Waals surface area contributed by atoms with Crippen LogP contribution in [0.3, 0.4) is 0 Å². The second-order valence-corrected chi connectivity index (χ2v) is 6.98. The quantitative estimate of drug-likeness (QED) is 0.847. The average Bonchev–Trinajstić information content (AvgIpc) is 2.62. The normalized spacial score (nSPS) is 33.4. The summed E-state index contributed by atoms with van der Waals surface area (Å²) in [6, 6.07) is 0.478. The minimum atomic E-state index is -0.336. The van der Waals surface area contributed by atoms with E-state index in [9.17, 15) is 4.79 Å². The standard InChI is InChI=1S/C16H30N2O/c1-5-16(4)15(19)18(13-9-7-6-8-10-13)14(17-16)11-12(2)3/h12-14,17H,5-11H2,1-4H3. The Hall–Kier alpha value is -0.570. The van der Waals surface area contributed by atoms with Gasteiger partial charge in [0.05, 0.1) is 11.7 Å². The van der Waals surface area contributed by atoms with Crippen LogP contribution in [0.4, 0.5) is 0 Å². The van der Waals surface area contributed by atoms with E-state index in [2.05, 4.69) is 37.9 Å². The molecule has 110 valence electrons. The molecule has 2 rings (SSSR count). The van der Waals surface area contributed by atoms with Gasteiger partial charge in [-0.2, -0.15) is 0 Å². The van der Waals surface area contributed by atoms with Crippen molar-refractivity contribution in [3.8, 4) is 0 Å². The molecule has 0 aromatic heterocycles. The molecule has 1 aliphatic heterocycles. The van der Waals surface area contributed by atoms with Gasteiger partial charge in [-0.15, -0.1) is 0 Å². The van der Waals surface area contributed by atoms with Gasteiger partial charge in [0.1, 0.15) is 0 Å². The summed E-state index contributed by atoms with van der Waals surface area (Å²) in [5, 5.41) is 3.62. The lowest BCUT2D eigenvalue weighted by atomic mass is 9.92. The zero-order chi connectivity index (χ0) is 14.0. The molecule has 0 aromatic carbocycles. The highest BCUT2D eigenvalue weighted by Gasteiger charge is 2.48. The van der Waals surface area contributed by atoms with Gasteiger partial charge >= 0.3 is 0 Å². The SMILES string of the molecule is CCC1(C)NC(CC(C)C)N(C2CCCCC2)C1=O. The van der Waals surface area contributed by atoms with Gasteiger partial charge in [0.2, 0.25) is 5.91 Å². The van der Waals surface area contributed by atoms with Gasteiger partial charge in [-0.3, -0.25) is 10.1 Å². The van der Waals surface area contributed by atoms with Crippen molar-refractivity contribution in [1.82, 2.24) is 10.2 Å². The van der Waals surface area contributed by atoms with E-state index in [1.54, 1.807) is 0 Å². The van der Waals surface area contributed by atoms with Crippen molar-refractivity contribution in [2.75, 3.05) is 0 Å². The number of hydrogen-bond donors (Lipinski definition) is 1. The van der Waals surface area contributed by atoms with Gasteiger partial charge in [0, 0.05) is 6.04 Å². The summed E-state index contributed by atoms with van der Waals surface area (Å²) in [6.45, 7) is 8.67. The molecule has 1 amide bonds. The number of carbonyl (C=O) groups excluding carboxylic acids is 1. The Kier molecular flexibility index (Phi) is 4.54. The first-order chi connectivity index (χ1) is 8.98. The minimum absolute atomic E-state index is 0.251. The Morgan fingerprint density at radius 2 is 1.95 bits per heavy atom. The Morgan fingerprint density at radius 3 is 2.47 bits per heavy atom. The molecule has 1 saturated carbocycles. The van der Waals surface area contributed by atoms with E-state index >= 15 is 0 Å². The molecule has 1 N–H and O–H groups in total. The molecular weight excluding hydrogens is 236 g/mol. The molecule has 3 heteroatoms. The monoisotopic (exact) mass is 266 g/mol. The second-order valence-electron chi connectivity index (χ2n) is 6.98. The molecule has 0 spiro atoms. The van der Waals surface area contributed by atoms with Crippen molar-refractivity contribution in [3.63, 3.8) is 0 Å². The number of rotatable bonds is 4. The zero-order valence-electron chi connectivity index (χ0n) is 13.0. The molecule has 2 unspecified atom stereocenters. The predicted molar refractivity (Wildman–Crippen MR) is 78.8 cm³/mol. The fraction of sp³-hybridized carbons (Fsp3) is 0.938. The van der Waals surface area contributed by atoms with Crippen LogP contribution < -0.4 is 5.32 Å². The molecule has 1 heterocycles. The van der Waals surface area contributed by atoms with Crippen LogP contribution >= 0.6 is 0 Å². The molecule has 0 bridgehead atoms. The van der Waals surface area contributed by atoms with E-state index in [1.807, 2.05) is 0 Å². The van der Waals surface area contributed by atoms with Crippen LogP contribution in [0.1, 0.15) is 72.6 Å². The van der Waals surface area contributed by atoms with E-state index in [1.165, 1.54) is 32.1 Å². The van der Waals surface area contributed by atoms with Crippen LogP contribution in [-0.4, -0.2) is 28.6 Å². The lowest BCUT2D eigenvalue weighted by Crippen LogP contribution is -2.46. The first kappa shape index (κ1) is 14.8. The Morgan fingerprint density at radius 1 is 1.32 bits per heavy atom. The number of hydrogen-bond acceptors (Lipinski definition) is 2. The maximum atomic E-state index is 12.8. The molecule has 2 aliphatic rings. The summed E-state index contributed by atoms with van der Waals surface area (Å²) in [5.74, 6) is 0.961. The summed E-state index contributed by atoms with van der Waals surface area (Å²) >= 11 is 0. The van der Waals surface area contributed by atoms with Gasteiger partial charge < -0.3 is 4.90 Å². The highest BCUT2D eigenvalue weighted by Crippen LogP contribution is 2.33. The molecule has 0 aromatic rings. The topological polar surface area (TPSA) is 32.3 Å². The van der Waals surface area contributed by atoms with Crippen molar-refractivity contribution < 1.29 is 4.79 Å². The maximum Gasteiger partial charge on any atom is 0.244 e. The third-order valence-electron chi connectivity index (χ3n) is 4.90. The highest BCUT2D eigenvalue weighted by atomic mass is 16.2. The fourth-order valence-corrected chi connectivity index (χ4v) is 3.58. The highest BCUT2D eigenvalue weighted by molar-refractivity contribution is 5.88. The molecule has 19 heavy (non-hydrogen) atoms. The smallest absolute Gasteiger partial charge is 0.244 e. The van der Waals surface area contributed by atoms with Gasteiger partial charge in [-0.1, -0.05) is 40.0 Å². The molecule has 3 nitrogen and oxygen atoms in total. The lowest BCUT2D eigenvalue weighted by molar-refractivity contribution is -0.135. The maximum absolute atomic E-state index is 12.8. The van der Waals surface area contributed by atoms with Gasteiger partial charge in [-0.05, 0) is 38.5 Å². The first-order valence-electron chi connectivity index (χ1n) is 8.08. The predicted octanol–water partition coefficient (Wildman–Crippen LogP) is 3.29. The van der Waals surface area contributed by atoms with Crippen molar-refractivity contribution >= 4 is 5.91 Å².